The number of nitrogens with zero attached hydrogens (tertiary/aromatic N) is 1. The molecule has 0 aliphatic heterocycles. The minimum atomic E-state index is -0.856. The van der Waals surface area contributed by atoms with Crippen molar-refractivity contribution >= 4 is 17.5 Å². The van der Waals surface area contributed by atoms with Crippen LogP contribution in [0.15, 0.2) is 18.2 Å². The van der Waals surface area contributed by atoms with Crippen LogP contribution in [0.3, 0.4) is 0 Å². The summed E-state index contributed by atoms with van der Waals surface area (Å²) >= 11 is 0. The molecule has 0 heterocycles. The monoisotopic (exact) mass is 308 g/mol. The van der Waals surface area contributed by atoms with Crippen molar-refractivity contribution in [2.24, 2.45) is 5.41 Å². The van der Waals surface area contributed by atoms with Crippen LogP contribution < -0.4 is 10.1 Å². The molecule has 2 amide bonds. The van der Waals surface area contributed by atoms with E-state index < -0.39 is 17.6 Å². The number of amides is 2. The van der Waals surface area contributed by atoms with E-state index in [0.29, 0.717) is 5.75 Å². The molecular formula is C16H21FN2O3. The molecule has 22 heavy (non-hydrogen) atoms. The highest BCUT2D eigenvalue weighted by molar-refractivity contribution is 6.39. The number of halogens is 1. The van der Waals surface area contributed by atoms with Crippen LogP contribution in [0.5, 0.6) is 5.75 Å². The van der Waals surface area contributed by atoms with Crippen LogP contribution in [-0.2, 0) is 9.59 Å². The fourth-order valence-corrected chi connectivity index (χ4v) is 2.32. The second-order valence-corrected chi connectivity index (χ2v) is 6.05. The first kappa shape index (κ1) is 16.3. The second-order valence-electron chi connectivity index (χ2n) is 6.05. The summed E-state index contributed by atoms with van der Waals surface area (Å²) in [5.74, 6) is -1.75. The van der Waals surface area contributed by atoms with Crippen LogP contribution in [0.1, 0.15) is 26.7 Å². The summed E-state index contributed by atoms with van der Waals surface area (Å²) < 4.78 is 18.7. The van der Waals surface area contributed by atoms with Gasteiger partial charge in [0.25, 0.3) is 0 Å². The van der Waals surface area contributed by atoms with Crippen LogP contribution in [0.2, 0.25) is 0 Å². The Morgan fingerprint density at radius 3 is 2.59 bits per heavy atom. The Balaban J connectivity index is 2.07. The van der Waals surface area contributed by atoms with E-state index in [0.717, 1.165) is 12.8 Å². The Morgan fingerprint density at radius 2 is 2.05 bits per heavy atom. The van der Waals surface area contributed by atoms with Crippen LogP contribution in [-0.4, -0.2) is 36.9 Å². The number of carbonyl (C=O) groups is 2. The maximum atomic E-state index is 13.7. The Labute approximate surface area is 129 Å². The number of methoxy groups -OCH3 is 1. The average molecular weight is 308 g/mol. The van der Waals surface area contributed by atoms with Crippen molar-refractivity contribution in [3.63, 3.8) is 0 Å². The fraction of sp³-hybridized carbons (Fsp3) is 0.500. The molecule has 0 bridgehead atoms. The Morgan fingerprint density at radius 1 is 1.41 bits per heavy atom. The van der Waals surface area contributed by atoms with E-state index >= 15 is 0 Å². The van der Waals surface area contributed by atoms with Crippen LogP contribution in [0.25, 0.3) is 0 Å². The summed E-state index contributed by atoms with van der Waals surface area (Å²) in [5, 5.41) is 2.31. The van der Waals surface area contributed by atoms with Gasteiger partial charge >= 0.3 is 11.8 Å². The highest BCUT2D eigenvalue weighted by atomic mass is 19.1. The predicted octanol–water partition coefficient (Wildman–Crippen LogP) is 2.42. The number of hydrogen-bond acceptors (Lipinski definition) is 3. The molecule has 1 aromatic carbocycles. The maximum Gasteiger partial charge on any atom is 0.313 e. The third-order valence-electron chi connectivity index (χ3n) is 4.56. The summed E-state index contributed by atoms with van der Waals surface area (Å²) in [4.78, 5) is 25.7. The van der Waals surface area contributed by atoms with E-state index in [2.05, 4.69) is 12.2 Å². The SMILES string of the molecule is COc1ccc(F)c(NC(=O)C(=O)N(C)C(C)C2(C)CC2)c1. The van der Waals surface area contributed by atoms with E-state index in [1.165, 1.54) is 30.2 Å². The Bertz CT molecular complexity index is 599. The maximum absolute atomic E-state index is 13.7. The van der Waals surface area contributed by atoms with Gasteiger partial charge in [0.1, 0.15) is 11.6 Å². The predicted molar refractivity (Wildman–Crippen MR) is 81.2 cm³/mol. The van der Waals surface area contributed by atoms with Gasteiger partial charge in [0.2, 0.25) is 0 Å². The van der Waals surface area contributed by atoms with Gasteiger partial charge in [-0.05, 0) is 37.3 Å². The van der Waals surface area contributed by atoms with Crippen molar-refractivity contribution in [2.75, 3.05) is 19.5 Å². The van der Waals surface area contributed by atoms with E-state index in [9.17, 15) is 14.0 Å². The fourth-order valence-electron chi connectivity index (χ4n) is 2.32. The molecule has 2 rings (SSSR count). The van der Waals surface area contributed by atoms with Gasteiger partial charge in [-0.2, -0.15) is 0 Å². The highest BCUT2D eigenvalue weighted by Crippen LogP contribution is 2.49. The zero-order valence-electron chi connectivity index (χ0n) is 13.3. The largest absolute Gasteiger partial charge is 0.497 e. The summed E-state index contributed by atoms with van der Waals surface area (Å²) in [7, 11) is 3.04. The van der Waals surface area contributed by atoms with Gasteiger partial charge in [0.15, 0.2) is 0 Å². The molecule has 5 nitrogen and oxygen atoms in total. The molecule has 1 unspecified atom stereocenters. The van der Waals surface area contributed by atoms with Gasteiger partial charge in [-0.15, -0.1) is 0 Å². The van der Waals surface area contributed by atoms with Crippen molar-refractivity contribution in [1.29, 1.82) is 0 Å². The molecule has 1 aliphatic carbocycles. The molecule has 1 aromatic rings. The van der Waals surface area contributed by atoms with Crippen molar-refractivity contribution in [3.8, 4) is 5.75 Å². The zero-order valence-corrected chi connectivity index (χ0v) is 13.3. The van der Waals surface area contributed by atoms with Crippen molar-refractivity contribution in [3.05, 3.63) is 24.0 Å². The van der Waals surface area contributed by atoms with Gasteiger partial charge in [-0.3, -0.25) is 9.59 Å². The van der Waals surface area contributed by atoms with Crippen molar-refractivity contribution in [2.45, 2.75) is 32.7 Å². The second kappa shape index (κ2) is 5.94. The molecule has 1 fully saturated rings. The Kier molecular flexibility index (Phi) is 4.39. The molecule has 1 saturated carbocycles. The van der Waals surface area contributed by atoms with E-state index in [1.807, 2.05) is 6.92 Å². The molecule has 1 aliphatic rings. The molecule has 1 atom stereocenters. The minimum Gasteiger partial charge on any atom is -0.497 e. The standard InChI is InChI=1S/C16H21FN2O3/c1-10(16(2)7-8-16)19(3)15(21)14(20)18-13-9-11(22-4)5-6-12(13)17/h5-6,9-10H,7-8H2,1-4H3,(H,18,20). The molecule has 0 spiro atoms. The third kappa shape index (κ3) is 3.21. The number of carbonyl (C=O) groups excluding carboxylic acids is 2. The number of benzene rings is 1. The lowest BCUT2D eigenvalue weighted by Crippen LogP contribution is -2.45. The lowest BCUT2D eigenvalue weighted by molar-refractivity contribution is -0.144. The first-order chi connectivity index (χ1) is 10.3. The molecule has 6 heteroatoms. The first-order valence-corrected chi connectivity index (χ1v) is 7.20. The van der Waals surface area contributed by atoms with Crippen LogP contribution >= 0.6 is 0 Å². The summed E-state index contributed by atoms with van der Waals surface area (Å²) in [6.45, 7) is 4.01. The van der Waals surface area contributed by atoms with E-state index in [1.54, 1.807) is 7.05 Å². The minimum absolute atomic E-state index is 0.0408. The molecule has 120 valence electrons. The van der Waals surface area contributed by atoms with E-state index in [4.69, 9.17) is 4.74 Å². The lowest BCUT2D eigenvalue weighted by Gasteiger charge is -2.29. The van der Waals surface area contributed by atoms with Gasteiger partial charge in [-0.25, -0.2) is 4.39 Å². The number of hydrogen-bond donors (Lipinski definition) is 1. The number of anilines is 1. The van der Waals surface area contributed by atoms with Crippen molar-refractivity contribution < 1.29 is 18.7 Å². The first-order valence-electron chi connectivity index (χ1n) is 7.20. The highest BCUT2D eigenvalue weighted by Gasteiger charge is 2.45. The third-order valence-corrected chi connectivity index (χ3v) is 4.56. The normalized spacial score (nSPS) is 16.6. The number of likely N-dealkylation sites (N-methyl/N-ethyl adjacent to an activating group) is 1. The summed E-state index contributed by atoms with van der Waals surface area (Å²) in [5.41, 5.74) is 0.00251. The smallest absolute Gasteiger partial charge is 0.313 e. The summed E-state index contributed by atoms with van der Waals surface area (Å²) in [6.07, 6.45) is 2.08. The molecule has 0 saturated heterocycles. The van der Waals surface area contributed by atoms with Crippen LogP contribution in [0.4, 0.5) is 10.1 Å². The topological polar surface area (TPSA) is 58.6 Å². The number of nitrogens with one attached hydrogen (secondary N) is 1. The van der Waals surface area contributed by atoms with Gasteiger partial charge in [0.05, 0.1) is 12.8 Å². The zero-order chi connectivity index (χ0) is 16.5. The van der Waals surface area contributed by atoms with Gasteiger partial charge < -0.3 is 15.0 Å². The number of rotatable bonds is 4. The molecule has 1 N–H and O–H groups in total. The number of ether oxygens (including phenoxy) is 1. The average Bonchev–Trinajstić information content (AvgIpc) is 3.26. The molecule has 0 radical (unpaired) electrons. The summed E-state index contributed by atoms with van der Waals surface area (Å²) in [6, 6.07) is 3.92. The molecule has 0 aromatic heterocycles. The Hall–Kier alpha value is -2.11. The van der Waals surface area contributed by atoms with Gasteiger partial charge in [0, 0.05) is 19.2 Å². The van der Waals surface area contributed by atoms with Gasteiger partial charge in [-0.1, -0.05) is 6.92 Å². The van der Waals surface area contributed by atoms with Crippen molar-refractivity contribution in [1.82, 2.24) is 4.90 Å². The van der Waals surface area contributed by atoms with E-state index in [-0.39, 0.29) is 17.1 Å². The van der Waals surface area contributed by atoms with Crippen LogP contribution in [0, 0.1) is 11.2 Å². The molecular weight excluding hydrogens is 287 g/mol. The lowest BCUT2D eigenvalue weighted by atomic mass is 9.99. The quantitative estimate of drug-likeness (QED) is 0.869.